The van der Waals surface area contributed by atoms with E-state index in [1.807, 2.05) is 25.3 Å². The Morgan fingerprint density at radius 2 is 2.00 bits per heavy atom. The van der Waals surface area contributed by atoms with E-state index in [4.69, 9.17) is 21.6 Å². The number of H-pyrrole nitrogens is 1. The van der Waals surface area contributed by atoms with Crippen molar-refractivity contribution in [2.75, 3.05) is 0 Å². The summed E-state index contributed by atoms with van der Waals surface area (Å²) < 4.78 is 7.15. The van der Waals surface area contributed by atoms with Crippen molar-refractivity contribution in [2.24, 2.45) is 5.41 Å². The van der Waals surface area contributed by atoms with Crippen LogP contribution in [0.25, 0.3) is 11.3 Å². The zero-order valence-corrected chi connectivity index (χ0v) is 20.5. The van der Waals surface area contributed by atoms with Crippen molar-refractivity contribution in [3.63, 3.8) is 0 Å². The fraction of sp³-hybridized carbons (Fsp3) is 0.375. The van der Waals surface area contributed by atoms with Gasteiger partial charge in [0.25, 0.3) is 5.91 Å². The zero-order chi connectivity index (χ0) is 25.0. The maximum Gasteiger partial charge on any atom is 0.311 e. The van der Waals surface area contributed by atoms with Crippen LogP contribution in [0.5, 0.6) is 0 Å². The van der Waals surface area contributed by atoms with Gasteiger partial charge in [0.1, 0.15) is 23.6 Å². The van der Waals surface area contributed by atoms with Crippen molar-refractivity contribution in [1.29, 1.82) is 5.26 Å². The van der Waals surface area contributed by atoms with Gasteiger partial charge in [0, 0.05) is 17.8 Å². The molecule has 0 aliphatic heterocycles. The molecule has 1 amide bonds. The number of carbonyl (C=O) groups is 2. The highest BCUT2D eigenvalue weighted by molar-refractivity contribution is 6.32. The van der Waals surface area contributed by atoms with Crippen LogP contribution in [-0.2, 0) is 16.1 Å². The van der Waals surface area contributed by atoms with Crippen LogP contribution < -0.4 is 5.32 Å². The molecule has 2 N–H and O–H groups in total. The second kappa shape index (κ2) is 10.1. The molecule has 0 spiro atoms. The fourth-order valence-corrected chi connectivity index (χ4v) is 3.29. The summed E-state index contributed by atoms with van der Waals surface area (Å²) in [5.74, 6) is -0.670. The Bertz CT molecular complexity index is 1230. The first kappa shape index (κ1) is 25.0. The molecule has 3 aromatic rings. The van der Waals surface area contributed by atoms with Gasteiger partial charge in [-0.05, 0) is 58.9 Å². The maximum atomic E-state index is 12.6. The van der Waals surface area contributed by atoms with Crippen LogP contribution in [-0.4, -0.2) is 37.9 Å². The van der Waals surface area contributed by atoms with Gasteiger partial charge in [-0.2, -0.15) is 15.5 Å². The Kier molecular flexibility index (Phi) is 7.42. The Morgan fingerprint density at radius 3 is 2.65 bits per heavy atom. The summed E-state index contributed by atoms with van der Waals surface area (Å²) in [5, 5.41) is 23.6. The Balaban J connectivity index is 1.58. The molecule has 9 nitrogen and oxygen atoms in total. The monoisotopic (exact) mass is 482 g/mol. The van der Waals surface area contributed by atoms with Crippen LogP contribution in [0.15, 0.2) is 36.5 Å². The largest absolute Gasteiger partial charge is 0.456 e. The number of aromatic nitrogens is 4. The summed E-state index contributed by atoms with van der Waals surface area (Å²) in [6.07, 6.45) is 1.23. The molecule has 0 radical (unpaired) electrons. The number of rotatable bonds is 7. The molecule has 0 saturated carbocycles. The van der Waals surface area contributed by atoms with E-state index in [1.165, 1.54) is 0 Å². The molecule has 0 saturated heterocycles. The lowest BCUT2D eigenvalue weighted by molar-refractivity contribution is -0.158. The van der Waals surface area contributed by atoms with E-state index in [0.717, 1.165) is 5.56 Å². The van der Waals surface area contributed by atoms with Crippen molar-refractivity contribution in [2.45, 2.75) is 53.3 Å². The third-order valence-corrected chi connectivity index (χ3v) is 5.33. The quantitative estimate of drug-likeness (QED) is 0.484. The number of carbonyl (C=O) groups excluding carboxylic acids is 2. The molecule has 178 valence electrons. The van der Waals surface area contributed by atoms with Gasteiger partial charge >= 0.3 is 5.97 Å². The standard InChI is InChI=1S/C24H27ClN6O3/c1-14(13-31-9-8-19(30-31)16-6-7-17(12-26)18(25)10-16)27-22(32)21-11-20(28-29-21)15(2)34-23(33)24(3,4)5/h6-11,14-15H,13H2,1-5H3,(H,27,32)(H,28,29). The lowest BCUT2D eigenvalue weighted by Crippen LogP contribution is -2.36. The molecule has 0 fully saturated rings. The van der Waals surface area contributed by atoms with Crippen LogP contribution in [0.3, 0.4) is 0 Å². The number of halogens is 1. The summed E-state index contributed by atoms with van der Waals surface area (Å²) in [6, 6.07) is 10.4. The Hall–Kier alpha value is -3.64. The normalized spacial score (nSPS) is 13.1. The third-order valence-electron chi connectivity index (χ3n) is 5.02. The van der Waals surface area contributed by atoms with Crippen LogP contribution in [0.1, 0.15) is 62.5 Å². The third kappa shape index (κ3) is 6.02. The number of nitriles is 1. The number of benzene rings is 1. The Morgan fingerprint density at radius 1 is 1.26 bits per heavy atom. The predicted octanol–water partition coefficient (Wildman–Crippen LogP) is 4.27. The van der Waals surface area contributed by atoms with E-state index in [9.17, 15) is 9.59 Å². The second-order valence-corrected chi connectivity index (χ2v) is 9.52. The first-order valence-corrected chi connectivity index (χ1v) is 11.2. The van der Waals surface area contributed by atoms with Gasteiger partial charge in [-0.1, -0.05) is 17.7 Å². The lowest BCUT2D eigenvalue weighted by atomic mass is 9.97. The highest BCUT2D eigenvalue weighted by Gasteiger charge is 2.26. The zero-order valence-electron chi connectivity index (χ0n) is 19.7. The van der Waals surface area contributed by atoms with E-state index < -0.39 is 11.5 Å². The molecule has 2 unspecified atom stereocenters. The van der Waals surface area contributed by atoms with Crippen LogP contribution >= 0.6 is 11.6 Å². The minimum absolute atomic E-state index is 0.229. The number of nitrogens with zero attached hydrogens (tertiary/aromatic N) is 4. The van der Waals surface area contributed by atoms with E-state index in [0.29, 0.717) is 28.5 Å². The predicted molar refractivity (Wildman–Crippen MR) is 127 cm³/mol. The van der Waals surface area contributed by atoms with E-state index in [-0.39, 0.29) is 23.6 Å². The minimum atomic E-state index is -0.626. The molecular formula is C24H27ClN6O3. The number of ether oxygens (including phenoxy) is 1. The summed E-state index contributed by atoms with van der Waals surface area (Å²) in [6.45, 7) is 9.33. The maximum absolute atomic E-state index is 12.6. The molecule has 2 atom stereocenters. The molecule has 34 heavy (non-hydrogen) atoms. The highest BCUT2D eigenvalue weighted by atomic mass is 35.5. The van der Waals surface area contributed by atoms with Gasteiger partial charge in [-0.3, -0.25) is 19.4 Å². The SMILES string of the molecule is CC(Cn1ccc(-c2ccc(C#N)c(Cl)c2)n1)NC(=O)c1cc(C(C)OC(=O)C(C)(C)C)n[nH]1. The smallest absolute Gasteiger partial charge is 0.311 e. The van der Waals surface area contributed by atoms with Crippen LogP contribution in [0.2, 0.25) is 5.02 Å². The number of hydrogen-bond donors (Lipinski definition) is 2. The molecule has 10 heteroatoms. The van der Waals surface area contributed by atoms with Crippen molar-refractivity contribution < 1.29 is 14.3 Å². The van der Waals surface area contributed by atoms with Crippen LogP contribution in [0.4, 0.5) is 0 Å². The van der Waals surface area contributed by atoms with Gasteiger partial charge < -0.3 is 10.1 Å². The minimum Gasteiger partial charge on any atom is -0.456 e. The van der Waals surface area contributed by atoms with Gasteiger partial charge in [-0.15, -0.1) is 0 Å². The van der Waals surface area contributed by atoms with E-state index in [2.05, 4.69) is 20.6 Å². The first-order valence-electron chi connectivity index (χ1n) is 10.8. The van der Waals surface area contributed by atoms with Crippen molar-refractivity contribution in [3.8, 4) is 17.3 Å². The fourth-order valence-electron chi connectivity index (χ4n) is 3.07. The first-order chi connectivity index (χ1) is 16.0. The van der Waals surface area contributed by atoms with E-state index in [1.54, 1.807) is 56.6 Å². The van der Waals surface area contributed by atoms with Gasteiger partial charge in [0.05, 0.1) is 28.2 Å². The summed E-state index contributed by atoms with van der Waals surface area (Å²) in [7, 11) is 0. The molecule has 0 bridgehead atoms. The number of esters is 1. The molecule has 1 aromatic carbocycles. The van der Waals surface area contributed by atoms with Crippen molar-refractivity contribution in [1.82, 2.24) is 25.3 Å². The van der Waals surface area contributed by atoms with Gasteiger partial charge in [0.2, 0.25) is 0 Å². The lowest BCUT2D eigenvalue weighted by Gasteiger charge is -2.19. The molecule has 0 aliphatic carbocycles. The molecular weight excluding hydrogens is 456 g/mol. The van der Waals surface area contributed by atoms with Crippen molar-refractivity contribution >= 4 is 23.5 Å². The number of nitrogens with one attached hydrogen (secondary N) is 2. The highest BCUT2D eigenvalue weighted by Crippen LogP contribution is 2.24. The number of amides is 1. The average Bonchev–Trinajstić information content (AvgIpc) is 3.43. The average molecular weight is 483 g/mol. The van der Waals surface area contributed by atoms with Crippen LogP contribution in [0, 0.1) is 16.7 Å². The molecule has 0 aliphatic rings. The van der Waals surface area contributed by atoms with E-state index >= 15 is 0 Å². The summed E-state index contributed by atoms with van der Waals surface area (Å²) >= 11 is 6.11. The summed E-state index contributed by atoms with van der Waals surface area (Å²) in [5.41, 5.74) is 2.03. The Labute approximate surface area is 203 Å². The molecule has 2 aromatic heterocycles. The summed E-state index contributed by atoms with van der Waals surface area (Å²) in [4.78, 5) is 24.7. The topological polar surface area (TPSA) is 126 Å². The second-order valence-electron chi connectivity index (χ2n) is 9.11. The van der Waals surface area contributed by atoms with Crippen molar-refractivity contribution in [3.05, 3.63) is 58.5 Å². The molecule has 2 heterocycles. The number of aromatic amines is 1. The van der Waals surface area contributed by atoms with Gasteiger partial charge in [0.15, 0.2) is 0 Å². The number of hydrogen-bond acceptors (Lipinski definition) is 6. The molecule has 3 rings (SSSR count). The van der Waals surface area contributed by atoms with Gasteiger partial charge in [-0.25, -0.2) is 0 Å².